The van der Waals surface area contributed by atoms with Gasteiger partial charge in [-0.05, 0) is 109 Å². The molecule has 4 heteroatoms. The SMILES string of the molecule is CC1(C)[C@@H](O)CC[C@]2(C)[C@H]3CC=C4[C@@H]5C[C@](C)(C(=O)[O-])CC[C@]5(C)CC[C@@]4(C)[C@]3(C)CC[C@@H]12.[Na+]. The van der Waals surface area contributed by atoms with Crippen molar-refractivity contribution in [3.05, 3.63) is 11.6 Å². The van der Waals surface area contributed by atoms with Crippen LogP contribution in [0.25, 0.3) is 0 Å². The second-order valence-electron chi connectivity index (χ2n) is 14.9. The van der Waals surface area contributed by atoms with Crippen molar-refractivity contribution >= 4 is 5.97 Å². The summed E-state index contributed by atoms with van der Waals surface area (Å²) in [5, 5.41) is 23.0. The van der Waals surface area contributed by atoms with Crippen LogP contribution in [0.15, 0.2) is 11.6 Å². The molecule has 0 amide bonds. The molecule has 186 valence electrons. The predicted octanol–water partition coefficient (Wildman–Crippen LogP) is 2.90. The molecule has 9 atom stereocenters. The molecule has 0 heterocycles. The van der Waals surface area contributed by atoms with Crippen LogP contribution in [0.1, 0.15) is 113 Å². The number of aliphatic carboxylic acids is 1. The molecule has 0 aromatic carbocycles. The number of carbonyl (C=O) groups is 1. The zero-order valence-electron chi connectivity index (χ0n) is 23.2. The Bertz CT molecular complexity index is 895. The second-order valence-corrected chi connectivity index (χ2v) is 14.9. The number of carbonyl (C=O) groups excluding carboxylic acids is 1. The van der Waals surface area contributed by atoms with Crippen molar-refractivity contribution in [3.8, 4) is 0 Å². The Morgan fingerprint density at radius 2 is 1.56 bits per heavy atom. The average molecular weight is 479 g/mol. The van der Waals surface area contributed by atoms with E-state index in [1.165, 1.54) is 25.7 Å². The van der Waals surface area contributed by atoms with Gasteiger partial charge in [0, 0.05) is 11.4 Å². The molecular formula is C30H47NaO3. The minimum Gasteiger partial charge on any atom is -0.550 e. The molecule has 5 rings (SSSR count). The van der Waals surface area contributed by atoms with Crippen molar-refractivity contribution in [1.82, 2.24) is 0 Å². The summed E-state index contributed by atoms with van der Waals surface area (Å²) in [7, 11) is 0. The van der Waals surface area contributed by atoms with E-state index in [1.807, 2.05) is 6.92 Å². The van der Waals surface area contributed by atoms with Crippen LogP contribution in [0.3, 0.4) is 0 Å². The van der Waals surface area contributed by atoms with Crippen LogP contribution >= 0.6 is 0 Å². The van der Waals surface area contributed by atoms with Crippen LogP contribution in [-0.2, 0) is 4.79 Å². The molecule has 0 saturated heterocycles. The van der Waals surface area contributed by atoms with Crippen LogP contribution < -0.4 is 34.7 Å². The van der Waals surface area contributed by atoms with Crippen molar-refractivity contribution in [2.24, 2.45) is 50.2 Å². The van der Waals surface area contributed by atoms with E-state index in [-0.39, 0.29) is 62.7 Å². The molecule has 4 fully saturated rings. The summed E-state index contributed by atoms with van der Waals surface area (Å²) in [6.45, 7) is 16.7. The van der Waals surface area contributed by atoms with Crippen molar-refractivity contribution in [2.45, 2.75) is 119 Å². The van der Waals surface area contributed by atoms with Gasteiger partial charge in [-0.3, -0.25) is 0 Å². The van der Waals surface area contributed by atoms with E-state index in [4.69, 9.17) is 0 Å². The first-order valence-electron chi connectivity index (χ1n) is 13.7. The minimum absolute atomic E-state index is 0. The molecule has 0 bridgehead atoms. The van der Waals surface area contributed by atoms with Gasteiger partial charge in [0.2, 0.25) is 0 Å². The third-order valence-corrected chi connectivity index (χ3v) is 13.3. The Labute approximate surface area is 230 Å². The summed E-state index contributed by atoms with van der Waals surface area (Å²) in [4.78, 5) is 12.1. The number of allylic oxidation sites excluding steroid dienone is 2. The fourth-order valence-corrected chi connectivity index (χ4v) is 10.5. The standard InChI is InChI=1S/C30H48O3.Na/c1-25(2)21-10-13-30(7)22(28(21,5)12-11-23(25)31)9-8-19-20-18-27(4,24(32)33)15-14-26(20,3)16-17-29(19,30)6;/h8,20-23,31H,9-18H2,1-7H3,(H,32,33);/q;+1/p-1/t20-,21-,22+,23-,26+,27+,28-,29+,30+;/m0./s1. The van der Waals surface area contributed by atoms with Gasteiger partial charge in [0.25, 0.3) is 0 Å². The molecule has 3 nitrogen and oxygen atoms in total. The molecule has 34 heavy (non-hydrogen) atoms. The maximum atomic E-state index is 12.1. The van der Waals surface area contributed by atoms with Crippen molar-refractivity contribution in [1.29, 1.82) is 0 Å². The first-order valence-corrected chi connectivity index (χ1v) is 13.7. The molecule has 4 saturated carbocycles. The summed E-state index contributed by atoms with van der Waals surface area (Å²) in [5.74, 6) is 0.703. The maximum Gasteiger partial charge on any atom is 1.00 e. The van der Waals surface area contributed by atoms with E-state index < -0.39 is 11.4 Å². The Morgan fingerprint density at radius 1 is 0.912 bits per heavy atom. The predicted molar refractivity (Wildman–Crippen MR) is 130 cm³/mol. The summed E-state index contributed by atoms with van der Waals surface area (Å²) in [5.41, 5.74) is 1.72. The quantitative estimate of drug-likeness (QED) is 0.466. The maximum absolute atomic E-state index is 12.1. The van der Waals surface area contributed by atoms with Gasteiger partial charge >= 0.3 is 29.6 Å². The smallest absolute Gasteiger partial charge is 0.550 e. The van der Waals surface area contributed by atoms with Gasteiger partial charge in [0.1, 0.15) is 0 Å². The Kier molecular flexibility index (Phi) is 6.47. The summed E-state index contributed by atoms with van der Waals surface area (Å²) >= 11 is 0. The fraction of sp³-hybridized carbons (Fsp3) is 0.900. The third kappa shape index (κ3) is 3.31. The van der Waals surface area contributed by atoms with Crippen LogP contribution in [-0.4, -0.2) is 17.2 Å². The zero-order valence-corrected chi connectivity index (χ0v) is 25.2. The number of hydrogen-bond donors (Lipinski definition) is 1. The second kappa shape index (κ2) is 8.08. The van der Waals surface area contributed by atoms with Gasteiger partial charge in [-0.1, -0.05) is 60.1 Å². The largest absolute Gasteiger partial charge is 1.00 e. The van der Waals surface area contributed by atoms with Crippen molar-refractivity contribution in [3.63, 3.8) is 0 Å². The van der Waals surface area contributed by atoms with Crippen LogP contribution in [0, 0.1) is 50.2 Å². The van der Waals surface area contributed by atoms with E-state index in [0.717, 1.165) is 38.5 Å². The third-order valence-electron chi connectivity index (χ3n) is 13.3. The number of rotatable bonds is 1. The van der Waals surface area contributed by atoms with Gasteiger partial charge in [0.15, 0.2) is 0 Å². The molecule has 0 aliphatic heterocycles. The van der Waals surface area contributed by atoms with Gasteiger partial charge in [-0.25, -0.2) is 0 Å². The molecule has 0 aromatic heterocycles. The van der Waals surface area contributed by atoms with E-state index in [1.54, 1.807) is 5.57 Å². The van der Waals surface area contributed by atoms with Crippen molar-refractivity contribution < 1.29 is 44.6 Å². The molecule has 0 radical (unpaired) electrons. The topological polar surface area (TPSA) is 60.4 Å². The zero-order chi connectivity index (χ0) is 24.2. The fourth-order valence-electron chi connectivity index (χ4n) is 10.5. The molecule has 1 N–H and O–H groups in total. The number of hydrogen-bond acceptors (Lipinski definition) is 3. The molecular weight excluding hydrogens is 431 g/mol. The number of fused-ring (bicyclic) bond motifs is 7. The van der Waals surface area contributed by atoms with Gasteiger partial charge in [-0.15, -0.1) is 0 Å². The number of carboxylic acids is 1. The van der Waals surface area contributed by atoms with Crippen LogP contribution in [0.4, 0.5) is 0 Å². The van der Waals surface area contributed by atoms with Gasteiger partial charge < -0.3 is 15.0 Å². The normalized spacial score (nSPS) is 53.7. The minimum atomic E-state index is -0.853. The molecule has 5 aliphatic rings. The van der Waals surface area contributed by atoms with E-state index >= 15 is 0 Å². The molecule has 0 spiro atoms. The first-order chi connectivity index (χ1) is 15.1. The first kappa shape index (κ1) is 27.2. The van der Waals surface area contributed by atoms with Gasteiger partial charge in [-0.2, -0.15) is 0 Å². The van der Waals surface area contributed by atoms with Gasteiger partial charge in [0.05, 0.1) is 6.10 Å². The Balaban J connectivity index is 0.00000274. The number of carboxylic acid groups (broad SMARTS) is 1. The van der Waals surface area contributed by atoms with E-state index in [2.05, 4.69) is 47.6 Å². The monoisotopic (exact) mass is 478 g/mol. The average Bonchev–Trinajstić information content (AvgIpc) is 2.73. The number of aliphatic hydroxyl groups is 1. The van der Waals surface area contributed by atoms with E-state index in [9.17, 15) is 15.0 Å². The summed E-state index contributed by atoms with van der Waals surface area (Å²) in [6.07, 6.45) is 12.9. The molecule has 0 unspecified atom stereocenters. The Morgan fingerprint density at radius 3 is 2.21 bits per heavy atom. The van der Waals surface area contributed by atoms with E-state index in [0.29, 0.717) is 17.8 Å². The summed E-state index contributed by atoms with van der Waals surface area (Å²) in [6, 6.07) is 0. The Hall–Kier alpha value is 0.170. The summed E-state index contributed by atoms with van der Waals surface area (Å²) < 4.78 is 0. The molecule has 0 aromatic rings. The van der Waals surface area contributed by atoms with Crippen LogP contribution in [0.2, 0.25) is 0 Å². The number of aliphatic hydroxyl groups excluding tert-OH is 1. The van der Waals surface area contributed by atoms with Crippen molar-refractivity contribution in [2.75, 3.05) is 0 Å². The van der Waals surface area contributed by atoms with Crippen LogP contribution in [0.5, 0.6) is 0 Å². The molecule has 5 aliphatic carbocycles.